The summed E-state index contributed by atoms with van der Waals surface area (Å²) < 4.78 is 49.9. The van der Waals surface area contributed by atoms with Crippen LogP contribution in [-0.4, -0.2) is 39.1 Å². The Labute approximate surface area is 220 Å². The van der Waals surface area contributed by atoms with Crippen LogP contribution in [0.4, 0.5) is 13.2 Å². The quantitative estimate of drug-likeness (QED) is 0.395. The predicted octanol–water partition coefficient (Wildman–Crippen LogP) is 5.11. The molecular formula is C29H32F3N3O3. The Morgan fingerprint density at radius 3 is 2.50 bits per heavy atom. The summed E-state index contributed by atoms with van der Waals surface area (Å²) in [6.07, 6.45) is 3.70. The van der Waals surface area contributed by atoms with Crippen LogP contribution in [0.3, 0.4) is 0 Å². The highest BCUT2D eigenvalue weighted by Crippen LogP contribution is 2.37. The van der Waals surface area contributed by atoms with E-state index in [0.29, 0.717) is 18.4 Å². The molecule has 1 saturated carbocycles. The number of aliphatic hydroxyl groups excluding tert-OH is 1. The second-order valence-corrected chi connectivity index (χ2v) is 10.3. The van der Waals surface area contributed by atoms with E-state index in [1.165, 1.54) is 6.07 Å². The highest BCUT2D eigenvalue weighted by molar-refractivity contribution is 5.96. The number of hydrogen-bond donors (Lipinski definition) is 2. The SMILES string of the molecule is CC(C)OCc1cc(F)c(-c2nc(C(=O)Cc3cnccc3[C@H]3C[C@@H](N)[C@H](O)[C@@H](C)C3)ccc2F)c(F)c1. The van der Waals surface area contributed by atoms with Crippen molar-refractivity contribution in [3.63, 3.8) is 0 Å². The van der Waals surface area contributed by atoms with Crippen LogP contribution in [0.2, 0.25) is 0 Å². The summed E-state index contributed by atoms with van der Waals surface area (Å²) in [7, 11) is 0. The van der Waals surface area contributed by atoms with Crippen LogP contribution in [0.5, 0.6) is 0 Å². The number of aromatic nitrogens is 2. The number of Topliss-reactive ketones (excluding diaryl/α,β-unsaturated/α-hetero) is 1. The fourth-order valence-electron chi connectivity index (χ4n) is 5.05. The van der Waals surface area contributed by atoms with E-state index in [2.05, 4.69) is 9.97 Å². The van der Waals surface area contributed by atoms with Crippen molar-refractivity contribution in [3.05, 3.63) is 82.6 Å². The average molecular weight is 528 g/mol. The minimum absolute atomic E-state index is 0.00268. The first-order chi connectivity index (χ1) is 18.0. The van der Waals surface area contributed by atoms with Crippen molar-refractivity contribution in [1.82, 2.24) is 9.97 Å². The van der Waals surface area contributed by atoms with Gasteiger partial charge in [0.05, 0.1) is 24.4 Å². The normalized spacial score (nSPS) is 21.6. The van der Waals surface area contributed by atoms with Gasteiger partial charge in [0.2, 0.25) is 0 Å². The van der Waals surface area contributed by atoms with E-state index in [0.717, 1.165) is 23.8 Å². The lowest BCUT2D eigenvalue weighted by atomic mass is 9.74. The molecule has 0 radical (unpaired) electrons. The molecule has 1 aliphatic carbocycles. The summed E-state index contributed by atoms with van der Waals surface area (Å²) in [4.78, 5) is 21.4. The van der Waals surface area contributed by atoms with Crippen LogP contribution < -0.4 is 5.73 Å². The third kappa shape index (κ3) is 6.11. The molecule has 0 aliphatic heterocycles. The molecule has 38 heavy (non-hydrogen) atoms. The molecule has 4 rings (SSSR count). The van der Waals surface area contributed by atoms with Gasteiger partial charge in [0.25, 0.3) is 0 Å². The summed E-state index contributed by atoms with van der Waals surface area (Å²) in [5.41, 5.74) is 6.64. The maximum absolute atomic E-state index is 14.9. The standard InChI is InChI=1S/C29H32F3N3O3/c1-15(2)38-14-17-9-22(31)27(23(32)10-17)28-21(30)4-5-25(35-28)26(36)12-19-13-34-7-6-20(19)18-8-16(3)29(37)24(33)11-18/h4-7,9-10,13,15-16,18,24,29,37H,8,11-12,14,33H2,1-3H3/t16-,18+,24+,29+/m0/s1. The Bertz CT molecular complexity index is 1280. The number of halogens is 3. The van der Waals surface area contributed by atoms with Crippen LogP contribution in [0, 0.1) is 23.4 Å². The molecule has 3 aromatic rings. The van der Waals surface area contributed by atoms with Crippen molar-refractivity contribution in [2.24, 2.45) is 11.7 Å². The fourth-order valence-corrected chi connectivity index (χ4v) is 5.05. The molecule has 3 N–H and O–H groups in total. The minimum atomic E-state index is -0.997. The first-order valence-electron chi connectivity index (χ1n) is 12.7. The Morgan fingerprint density at radius 2 is 1.84 bits per heavy atom. The zero-order valence-corrected chi connectivity index (χ0v) is 21.6. The lowest BCUT2D eigenvalue weighted by molar-refractivity contribution is 0.0519. The van der Waals surface area contributed by atoms with Gasteiger partial charge in [-0.25, -0.2) is 18.2 Å². The van der Waals surface area contributed by atoms with Crippen molar-refractivity contribution < 1.29 is 27.8 Å². The first kappa shape index (κ1) is 27.9. The van der Waals surface area contributed by atoms with E-state index in [-0.39, 0.29) is 48.3 Å². The molecule has 2 heterocycles. The molecule has 202 valence electrons. The van der Waals surface area contributed by atoms with Gasteiger partial charge in [0.15, 0.2) is 5.78 Å². The average Bonchev–Trinajstić information content (AvgIpc) is 2.86. The third-order valence-electron chi connectivity index (χ3n) is 7.02. The summed E-state index contributed by atoms with van der Waals surface area (Å²) in [6.45, 7) is 5.53. The Balaban J connectivity index is 1.60. The van der Waals surface area contributed by atoms with Crippen LogP contribution in [0.1, 0.15) is 66.7 Å². The minimum Gasteiger partial charge on any atom is -0.391 e. The number of rotatable bonds is 8. The lowest BCUT2D eigenvalue weighted by Crippen LogP contribution is -2.44. The summed E-state index contributed by atoms with van der Waals surface area (Å²) in [5.74, 6) is -3.36. The summed E-state index contributed by atoms with van der Waals surface area (Å²) in [5, 5.41) is 10.2. The number of pyridine rings is 2. The molecule has 0 spiro atoms. The lowest BCUT2D eigenvalue weighted by Gasteiger charge is -2.36. The van der Waals surface area contributed by atoms with Crippen molar-refractivity contribution in [2.75, 3.05) is 0 Å². The second-order valence-electron chi connectivity index (χ2n) is 10.3. The Morgan fingerprint density at radius 1 is 1.13 bits per heavy atom. The molecule has 2 aromatic heterocycles. The highest BCUT2D eigenvalue weighted by Gasteiger charge is 2.34. The molecule has 6 nitrogen and oxygen atoms in total. The molecule has 0 amide bonds. The van der Waals surface area contributed by atoms with Gasteiger partial charge >= 0.3 is 0 Å². The van der Waals surface area contributed by atoms with E-state index in [1.54, 1.807) is 26.2 Å². The van der Waals surface area contributed by atoms with Gasteiger partial charge in [-0.1, -0.05) is 6.92 Å². The second kappa shape index (κ2) is 11.7. The Kier molecular flexibility index (Phi) is 8.60. The number of carbonyl (C=O) groups is 1. The Hall–Kier alpha value is -3.14. The number of benzene rings is 1. The fraction of sp³-hybridized carbons (Fsp3) is 0.414. The third-order valence-corrected chi connectivity index (χ3v) is 7.02. The van der Waals surface area contributed by atoms with Crippen LogP contribution >= 0.6 is 0 Å². The van der Waals surface area contributed by atoms with Gasteiger partial charge in [-0.2, -0.15) is 0 Å². The van der Waals surface area contributed by atoms with Crippen LogP contribution in [0.25, 0.3) is 11.3 Å². The molecule has 9 heteroatoms. The maximum atomic E-state index is 14.9. The van der Waals surface area contributed by atoms with E-state index in [4.69, 9.17) is 10.5 Å². The van der Waals surface area contributed by atoms with Crippen LogP contribution in [-0.2, 0) is 17.8 Å². The van der Waals surface area contributed by atoms with Crippen molar-refractivity contribution in [3.8, 4) is 11.3 Å². The molecule has 1 fully saturated rings. The smallest absolute Gasteiger partial charge is 0.185 e. The predicted molar refractivity (Wildman–Crippen MR) is 137 cm³/mol. The highest BCUT2D eigenvalue weighted by atomic mass is 19.1. The van der Waals surface area contributed by atoms with E-state index >= 15 is 0 Å². The van der Waals surface area contributed by atoms with Crippen LogP contribution in [0.15, 0.2) is 42.7 Å². The van der Waals surface area contributed by atoms with E-state index < -0.39 is 40.6 Å². The first-order valence-corrected chi connectivity index (χ1v) is 12.7. The zero-order valence-electron chi connectivity index (χ0n) is 21.6. The zero-order chi connectivity index (χ0) is 27.6. The molecule has 4 atom stereocenters. The number of nitrogens with zero attached hydrogens (tertiary/aromatic N) is 2. The van der Waals surface area contributed by atoms with Crippen molar-refractivity contribution in [2.45, 2.75) is 70.8 Å². The van der Waals surface area contributed by atoms with Crippen molar-refractivity contribution >= 4 is 5.78 Å². The molecule has 0 unspecified atom stereocenters. The molecule has 1 aromatic carbocycles. The van der Waals surface area contributed by atoms with Gasteiger partial charge in [0.1, 0.15) is 28.8 Å². The van der Waals surface area contributed by atoms with E-state index in [1.807, 2.05) is 13.0 Å². The van der Waals surface area contributed by atoms with Gasteiger partial charge < -0.3 is 15.6 Å². The van der Waals surface area contributed by atoms with Gasteiger partial charge in [0, 0.05) is 24.9 Å². The van der Waals surface area contributed by atoms with Gasteiger partial charge in [-0.15, -0.1) is 0 Å². The molecule has 1 aliphatic rings. The van der Waals surface area contributed by atoms with E-state index in [9.17, 15) is 23.1 Å². The monoisotopic (exact) mass is 527 g/mol. The number of nitrogens with two attached hydrogens (primary N) is 1. The molecule has 0 saturated heterocycles. The number of hydrogen-bond acceptors (Lipinski definition) is 6. The molecular weight excluding hydrogens is 495 g/mol. The van der Waals surface area contributed by atoms with Gasteiger partial charge in [-0.3, -0.25) is 9.78 Å². The number of ether oxygens (including phenoxy) is 1. The molecule has 0 bridgehead atoms. The number of aliphatic hydroxyl groups is 1. The van der Waals surface area contributed by atoms with Gasteiger partial charge in [-0.05, 0) is 85.5 Å². The summed E-state index contributed by atoms with van der Waals surface area (Å²) in [6, 6.07) is 5.79. The largest absolute Gasteiger partial charge is 0.391 e. The topological polar surface area (TPSA) is 98.3 Å². The number of ketones is 1. The summed E-state index contributed by atoms with van der Waals surface area (Å²) >= 11 is 0. The number of carbonyl (C=O) groups excluding carboxylic acids is 1. The maximum Gasteiger partial charge on any atom is 0.185 e. The van der Waals surface area contributed by atoms with Crippen molar-refractivity contribution in [1.29, 1.82) is 0 Å².